The number of hydrogen-bond acceptors (Lipinski definition) is 8. The van der Waals surface area contributed by atoms with E-state index in [0.717, 1.165) is 54.7 Å². The first-order valence-corrected chi connectivity index (χ1v) is 16.8. The number of fused-ring (bicyclic) bond motifs is 1. The molecular formula is C32H36ClF3N6O5S. The van der Waals surface area contributed by atoms with Gasteiger partial charge < -0.3 is 19.8 Å². The number of alkyl halides is 1. The molecule has 2 aliphatic heterocycles. The second-order valence-corrected chi connectivity index (χ2v) is 13.0. The fourth-order valence-electron chi connectivity index (χ4n) is 5.63. The van der Waals surface area contributed by atoms with Crippen molar-refractivity contribution in [2.45, 2.75) is 12.6 Å². The standard InChI is InChI=1S/C32H35F3N6O5S.ClH/c33-23-7-10-41(20-23)47(43,44)39-28-6-5-27(34)29(30(28)35)31(42)26-19-38-32-25(26)17-22(18-37-32)21-1-3-24(4-2-21)46-16-15-45-14-13-40-11-8-36-9-12-40;/h1-6,17-19,23,36,39H,7-16,20H2,(H,37,38);1H. The average molecular weight is 709 g/mol. The summed E-state index contributed by atoms with van der Waals surface area (Å²) in [6.45, 7) is 5.99. The number of aromatic nitrogens is 2. The Morgan fingerprint density at radius 3 is 2.52 bits per heavy atom. The highest BCUT2D eigenvalue weighted by molar-refractivity contribution is 7.90. The van der Waals surface area contributed by atoms with E-state index in [2.05, 4.69) is 20.2 Å². The first-order chi connectivity index (χ1) is 22.7. The maximum absolute atomic E-state index is 15.5. The molecule has 11 nitrogen and oxygen atoms in total. The van der Waals surface area contributed by atoms with Crippen LogP contribution in [0.15, 0.2) is 54.9 Å². The van der Waals surface area contributed by atoms with Crippen molar-refractivity contribution >= 4 is 45.1 Å². The van der Waals surface area contributed by atoms with Crippen molar-refractivity contribution in [2.24, 2.45) is 0 Å². The number of H-pyrrole nitrogens is 1. The van der Waals surface area contributed by atoms with E-state index in [9.17, 15) is 22.0 Å². The second-order valence-electron chi connectivity index (χ2n) is 11.4. The number of anilines is 1. The van der Waals surface area contributed by atoms with E-state index < -0.39 is 45.0 Å². The van der Waals surface area contributed by atoms with E-state index in [1.807, 2.05) is 16.9 Å². The molecule has 16 heteroatoms. The van der Waals surface area contributed by atoms with Crippen LogP contribution in [0.5, 0.6) is 5.75 Å². The molecule has 0 aliphatic carbocycles. The molecule has 3 N–H and O–H groups in total. The van der Waals surface area contributed by atoms with Crippen LogP contribution in [0.4, 0.5) is 18.9 Å². The van der Waals surface area contributed by atoms with Gasteiger partial charge in [-0.2, -0.15) is 12.7 Å². The van der Waals surface area contributed by atoms with Gasteiger partial charge in [-0.05, 0) is 42.3 Å². The zero-order chi connectivity index (χ0) is 33.0. The van der Waals surface area contributed by atoms with Crippen LogP contribution in [0.25, 0.3) is 22.2 Å². The largest absolute Gasteiger partial charge is 0.491 e. The van der Waals surface area contributed by atoms with Crippen molar-refractivity contribution < 1.29 is 35.9 Å². The van der Waals surface area contributed by atoms with Gasteiger partial charge in [-0.15, -0.1) is 12.4 Å². The molecule has 258 valence electrons. The monoisotopic (exact) mass is 708 g/mol. The number of piperazine rings is 1. The average Bonchev–Trinajstić information content (AvgIpc) is 3.71. The molecule has 2 fully saturated rings. The minimum absolute atomic E-state index is 0. The molecule has 0 bridgehead atoms. The summed E-state index contributed by atoms with van der Waals surface area (Å²) in [5.74, 6) is -2.90. The fourth-order valence-corrected chi connectivity index (χ4v) is 6.89. The Bertz CT molecular complexity index is 1840. The summed E-state index contributed by atoms with van der Waals surface area (Å²) in [5, 5.41) is 3.65. The van der Waals surface area contributed by atoms with Gasteiger partial charge >= 0.3 is 10.2 Å². The molecule has 1 unspecified atom stereocenters. The molecule has 2 saturated heterocycles. The van der Waals surface area contributed by atoms with Crippen LogP contribution in [-0.4, -0.2) is 105 Å². The lowest BCUT2D eigenvalue weighted by Crippen LogP contribution is -2.44. The summed E-state index contributed by atoms with van der Waals surface area (Å²) in [6.07, 6.45) is 1.58. The van der Waals surface area contributed by atoms with E-state index in [1.54, 1.807) is 24.4 Å². The number of rotatable bonds is 13. The first kappa shape index (κ1) is 35.6. The van der Waals surface area contributed by atoms with Crippen molar-refractivity contribution in [3.8, 4) is 16.9 Å². The third kappa shape index (κ3) is 8.10. The number of carbonyl (C=O) groups excluding carboxylic acids is 1. The van der Waals surface area contributed by atoms with Crippen molar-refractivity contribution in [3.63, 3.8) is 0 Å². The first-order valence-electron chi connectivity index (χ1n) is 15.4. The summed E-state index contributed by atoms with van der Waals surface area (Å²) in [7, 11) is -4.33. The van der Waals surface area contributed by atoms with Gasteiger partial charge in [0.2, 0.25) is 5.78 Å². The molecule has 6 rings (SSSR count). The summed E-state index contributed by atoms with van der Waals surface area (Å²) < 4.78 is 83.8. The third-order valence-corrected chi connectivity index (χ3v) is 9.70. The lowest BCUT2D eigenvalue weighted by atomic mass is 10.00. The highest BCUT2D eigenvalue weighted by atomic mass is 35.5. The minimum atomic E-state index is -4.33. The molecule has 4 heterocycles. The van der Waals surface area contributed by atoms with Crippen molar-refractivity contribution in [2.75, 3.05) is 70.4 Å². The number of nitrogens with zero attached hydrogens (tertiary/aromatic N) is 3. The van der Waals surface area contributed by atoms with Crippen molar-refractivity contribution in [1.82, 2.24) is 24.5 Å². The molecular weight excluding hydrogens is 673 g/mol. The van der Waals surface area contributed by atoms with Gasteiger partial charge in [0.15, 0.2) is 5.82 Å². The molecule has 0 amide bonds. The van der Waals surface area contributed by atoms with E-state index >= 15 is 4.39 Å². The zero-order valence-corrected chi connectivity index (χ0v) is 27.5. The van der Waals surface area contributed by atoms with Gasteiger partial charge in [0.1, 0.15) is 30.0 Å². The predicted octanol–water partition coefficient (Wildman–Crippen LogP) is 4.16. The normalized spacial score (nSPS) is 17.4. The molecule has 1 atom stereocenters. The van der Waals surface area contributed by atoms with Crippen LogP contribution in [0.2, 0.25) is 0 Å². The van der Waals surface area contributed by atoms with Crippen LogP contribution < -0.4 is 14.8 Å². The number of ether oxygens (including phenoxy) is 2. The Balaban J connectivity index is 0.00000451. The topological polar surface area (TPSA) is 129 Å². The molecule has 0 radical (unpaired) electrons. The Morgan fingerprint density at radius 2 is 1.79 bits per heavy atom. The number of nitrogens with one attached hydrogen (secondary N) is 3. The van der Waals surface area contributed by atoms with Crippen LogP contribution in [0.1, 0.15) is 22.3 Å². The van der Waals surface area contributed by atoms with Crippen LogP contribution >= 0.6 is 12.4 Å². The maximum Gasteiger partial charge on any atom is 0.301 e. The molecule has 48 heavy (non-hydrogen) atoms. The Kier molecular flexibility index (Phi) is 11.6. The number of carbonyl (C=O) groups is 1. The predicted molar refractivity (Wildman–Crippen MR) is 178 cm³/mol. The number of hydrogen-bond donors (Lipinski definition) is 3. The van der Waals surface area contributed by atoms with Gasteiger partial charge in [0.25, 0.3) is 0 Å². The smallest absolute Gasteiger partial charge is 0.301 e. The maximum atomic E-state index is 15.5. The van der Waals surface area contributed by atoms with E-state index in [1.165, 1.54) is 6.20 Å². The number of aromatic amines is 1. The lowest BCUT2D eigenvalue weighted by Gasteiger charge is -2.26. The molecule has 0 spiro atoms. The van der Waals surface area contributed by atoms with E-state index in [0.29, 0.717) is 42.2 Å². The molecule has 2 aromatic heterocycles. The number of benzene rings is 2. The van der Waals surface area contributed by atoms with Crippen LogP contribution in [0, 0.1) is 11.6 Å². The van der Waals surface area contributed by atoms with Crippen molar-refractivity contribution in [1.29, 1.82) is 0 Å². The fraction of sp³-hybridized carbons (Fsp3) is 0.375. The van der Waals surface area contributed by atoms with Gasteiger partial charge in [0.05, 0.1) is 24.5 Å². The van der Waals surface area contributed by atoms with Crippen molar-refractivity contribution in [3.05, 3.63) is 77.6 Å². The van der Waals surface area contributed by atoms with E-state index in [-0.39, 0.29) is 37.5 Å². The molecule has 2 aromatic carbocycles. The third-order valence-electron chi connectivity index (χ3n) is 8.21. The highest BCUT2D eigenvalue weighted by Gasteiger charge is 2.33. The van der Waals surface area contributed by atoms with Gasteiger partial charge in [0, 0.05) is 74.7 Å². The number of pyridine rings is 1. The zero-order valence-electron chi connectivity index (χ0n) is 25.9. The summed E-state index contributed by atoms with van der Waals surface area (Å²) >= 11 is 0. The molecule has 0 saturated carbocycles. The quantitative estimate of drug-likeness (QED) is 0.140. The Labute approximate surface area is 282 Å². The van der Waals surface area contributed by atoms with E-state index in [4.69, 9.17) is 9.47 Å². The van der Waals surface area contributed by atoms with Gasteiger partial charge in [-0.3, -0.25) is 14.4 Å². The summed E-state index contributed by atoms with van der Waals surface area (Å²) in [4.78, 5) is 23.1. The molecule has 2 aliphatic rings. The highest BCUT2D eigenvalue weighted by Crippen LogP contribution is 2.31. The SMILES string of the molecule is Cl.O=C(c1c(F)ccc(NS(=O)(=O)N2CCC(F)C2)c1F)c1c[nH]c2ncc(-c3ccc(OCCOCCN4CCNCC4)cc3)cc12. The molecule has 4 aromatic rings. The summed E-state index contributed by atoms with van der Waals surface area (Å²) in [6, 6.07) is 10.6. The summed E-state index contributed by atoms with van der Waals surface area (Å²) in [5.41, 5.74) is 0.124. The number of ketones is 1. The Morgan fingerprint density at radius 1 is 1.02 bits per heavy atom. The van der Waals surface area contributed by atoms with Crippen LogP contribution in [-0.2, 0) is 14.9 Å². The Hall–Kier alpha value is -3.73. The van der Waals surface area contributed by atoms with Gasteiger partial charge in [-0.1, -0.05) is 12.1 Å². The second kappa shape index (κ2) is 15.7. The lowest BCUT2D eigenvalue weighted by molar-refractivity contribution is 0.0767. The van der Waals surface area contributed by atoms with Crippen LogP contribution in [0.3, 0.4) is 0 Å². The number of halogens is 4. The minimum Gasteiger partial charge on any atom is -0.491 e. The van der Waals surface area contributed by atoms with Gasteiger partial charge in [-0.25, -0.2) is 18.2 Å².